The van der Waals surface area contributed by atoms with Crippen LogP contribution in [0.2, 0.25) is 5.02 Å². The van der Waals surface area contributed by atoms with Gasteiger partial charge < -0.3 is 15.1 Å². The summed E-state index contributed by atoms with van der Waals surface area (Å²) in [6.07, 6.45) is 1.50. The highest BCUT2D eigenvalue weighted by atomic mass is 35.5. The minimum atomic E-state index is -0.180. The molecule has 6 nitrogen and oxygen atoms in total. The molecule has 3 rings (SSSR count). The Bertz CT molecular complexity index is 846. The van der Waals surface area contributed by atoms with Gasteiger partial charge in [0.1, 0.15) is 0 Å². The van der Waals surface area contributed by atoms with E-state index in [9.17, 15) is 14.4 Å². The summed E-state index contributed by atoms with van der Waals surface area (Å²) in [5, 5.41) is 3.55. The minimum absolute atomic E-state index is 0.0848. The smallest absolute Gasteiger partial charge is 0.253 e. The number of halogens is 1. The van der Waals surface area contributed by atoms with Crippen LogP contribution in [0.4, 0.5) is 0 Å². The zero-order valence-electron chi connectivity index (χ0n) is 15.4. The molecule has 7 heteroatoms. The van der Waals surface area contributed by atoms with E-state index < -0.39 is 0 Å². The lowest BCUT2D eigenvalue weighted by Crippen LogP contribution is -2.48. The molecule has 0 bridgehead atoms. The lowest BCUT2D eigenvalue weighted by atomic mass is 10.1. The second-order valence-electron chi connectivity index (χ2n) is 6.65. The molecule has 1 aliphatic rings. The third-order valence-electron chi connectivity index (χ3n) is 4.73. The summed E-state index contributed by atoms with van der Waals surface area (Å²) in [5.41, 5.74) is 2.10. The molecule has 1 fully saturated rings. The molecule has 0 aromatic heterocycles. The van der Waals surface area contributed by atoms with E-state index in [0.29, 0.717) is 55.3 Å². The normalized spacial score (nSPS) is 13.9. The average Bonchev–Trinajstić information content (AvgIpc) is 2.73. The molecule has 0 atom stereocenters. The summed E-state index contributed by atoms with van der Waals surface area (Å²) < 4.78 is 0. The maximum atomic E-state index is 12.5. The van der Waals surface area contributed by atoms with E-state index in [1.54, 1.807) is 34.1 Å². The number of benzene rings is 2. The van der Waals surface area contributed by atoms with Crippen LogP contribution in [0.1, 0.15) is 26.3 Å². The molecule has 1 heterocycles. The number of carbonyl (C=O) groups is 3. The van der Waals surface area contributed by atoms with E-state index in [1.165, 1.54) is 0 Å². The molecule has 146 valence electrons. The topological polar surface area (TPSA) is 69.7 Å². The number of nitrogens with zero attached hydrogens (tertiary/aromatic N) is 2. The highest BCUT2D eigenvalue weighted by Crippen LogP contribution is 2.12. The van der Waals surface area contributed by atoms with Crippen molar-refractivity contribution in [2.24, 2.45) is 0 Å². The van der Waals surface area contributed by atoms with Crippen LogP contribution < -0.4 is 5.32 Å². The number of nitrogens with one attached hydrogen (secondary N) is 1. The van der Waals surface area contributed by atoms with Gasteiger partial charge in [-0.05, 0) is 48.4 Å². The van der Waals surface area contributed by atoms with Gasteiger partial charge in [-0.3, -0.25) is 14.4 Å². The lowest BCUT2D eigenvalue weighted by Gasteiger charge is -2.32. The Labute approximate surface area is 169 Å². The molecule has 1 N–H and O–H groups in total. The van der Waals surface area contributed by atoms with Gasteiger partial charge in [-0.1, -0.05) is 23.7 Å². The summed E-state index contributed by atoms with van der Waals surface area (Å²) >= 11 is 5.96. The van der Waals surface area contributed by atoms with Crippen LogP contribution in [0, 0.1) is 0 Å². The third-order valence-corrected chi connectivity index (χ3v) is 4.97. The van der Waals surface area contributed by atoms with Gasteiger partial charge >= 0.3 is 0 Å². The second-order valence-corrected chi connectivity index (χ2v) is 7.08. The zero-order chi connectivity index (χ0) is 19.9. The lowest BCUT2D eigenvalue weighted by molar-refractivity contribution is -0.119. The van der Waals surface area contributed by atoms with Gasteiger partial charge in [0.15, 0.2) is 0 Å². The van der Waals surface area contributed by atoms with Gasteiger partial charge in [-0.2, -0.15) is 0 Å². The van der Waals surface area contributed by atoms with Crippen LogP contribution in [0.5, 0.6) is 0 Å². The first-order valence-corrected chi connectivity index (χ1v) is 9.56. The number of carbonyl (C=O) groups excluding carboxylic acids is 3. The van der Waals surface area contributed by atoms with Gasteiger partial charge in [0, 0.05) is 48.9 Å². The van der Waals surface area contributed by atoms with Crippen molar-refractivity contribution in [1.29, 1.82) is 0 Å². The fourth-order valence-electron chi connectivity index (χ4n) is 3.09. The molecule has 3 amide bonds. The third kappa shape index (κ3) is 5.10. The number of rotatable bonds is 6. The predicted molar refractivity (Wildman–Crippen MR) is 107 cm³/mol. The van der Waals surface area contributed by atoms with Crippen LogP contribution in [0.15, 0.2) is 48.5 Å². The minimum Gasteiger partial charge on any atom is -0.352 e. The van der Waals surface area contributed by atoms with Crippen molar-refractivity contribution in [3.05, 3.63) is 70.2 Å². The predicted octanol–water partition coefficient (Wildman–Crippen LogP) is 2.23. The fraction of sp³-hybridized carbons (Fsp3) is 0.286. The maximum absolute atomic E-state index is 12.5. The molecule has 2 aromatic carbocycles. The molecule has 0 spiro atoms. The largest absolute Gasteiger partial charge is 0.352 e. The summed E-state index contributed by atoms with van der Waals surface area (Å²) in [5.74, 6) is -0.265. The summed E-state index contributed by atoms with van der Waals surface area (Å²) in [6, 6.07) is 14.2. The van der Waals surface area contributed by atoms with Crippen molar-refractivity contribution < 1.29 is 14.4 Å². The molecular formula is C21H22ClN3O3. The van der Waals surface area contributed by atoms with Crippen LogP contribution in [0.25, 0.3) is 0 Å². The van der Waals surface area contributed by atoms with E-state index in [4.69, 9.17) is 11.6 Å². The van der Waals surface area contributed by atoms with E-state index in [-0.39, 0.29) is 11.8 Å². The molecule has 2 aromatic rings. The van der Waals surface area contributed by atoms with Crippen molar-refractivity contribution in [1.82, 2.24) is 15.1 Å². The number of hydrogen-bond acceptors (Lipinski definition) is 3. The molecule has 0 aliphatic carbocycles. The second kappa shape index (κ2) is 9.37. The van der Waals surface area contributed by atoms with E-state index in [2.05, 4.69) is 5.32 Å². The Morgan fingerprint density at radius 3 is 2.32 bits per heavy atom. The highest BCUT2D eigenvalue weighted by molar-refractivity contribution is 6.30. The quantitative estimate of drug-likeness (QED) is 0.757. The van der Waals surface area contributed by atoms with E-state index >= 15 is 0 Å². The van der Waals surface area contributed by atoms with Crippen molar-refractivity contribution in [3.63, 3.8) is 0 Å². The number of amides is 3. The SMILES string of the molecule is O=CN1CCN(C(=O)c2ccc(C(=O)NCCc3cccc(Cl)c3)cc2)CC1. The molecule has 0 saturated carbocycles. The van der Waals surface area contributed by atoms with Crippen molar-refractivity contribution in [2.45, 2.75) is 6.42 Å². The monoisotopic (exact) mass is 399 g/mol. The summed E-state index contributed by atoms with van der Waals surface area (Å²) in [6.45, 7) is 2.62. The van der Waals surface area contributed by atoms with E-state index in [0.717, 1.165) is 12.0 Å². The van der Waals surface area contributed by atoms with E-state index in [1.807, 2.05) is 24.3 Å². The van der Waals surface area contributed by atoms with Crippen LogP contribution in [-0.2, 0) is 11.2 Å². The Balaban J connectivity index is 1.51. The molecule has 1 saturated heterocycles. The van der Waals surface area contributed by atoms with Gasteiger partial charge in [0.25, 0.3) is 11.8 Å². The molecule has 28 heavy (non-hydrogen) atoms. The number of hydrogen-bond donors (Lipinski definition) is 1. The Hall–Kier alpha value is -2.86. The van der Waals surface area contributed by atoms with Crippen molar-refractivity contribution >= 4 is 29.8 Å². The molecule has 0 unspecified atom stereocenters. The van der Waals surface area contributed by atoms with Crippen molar-refractivity contribution in [2.75, 3.05) is 32.7 Å². The Morgan fingerprint density at radius 2 is 1.68 bits per heavy atom. The van der Waals surface area contributed by atoms with Crippen LogP contribution in [0.3, 0.4) is 0 Å². The Morgan fingerprint density at radius 1 is 1.00 bits per heavy atom. The van der Waals surface area contributed by atoms with Crippen molar-refractivity contribution in [3.8, 4) is 0 Å². The number of piperazine rings is 1. The average molecular weight is 400 g/mol. The summed E-state index contributed by atoms with van der Waals surface area (Å²) in [7, 11) is 0. The molecular weight excluding hydrogens is 378 g/mol. The van der Waals surface area contributed by atoms with Crippen LogP contribution in [-0.4, -0.2) is 60.7 Å². The summed E-state index contributed by atoms with van der Waals surface area (Å²) in [4.78, 5) is 39.0. The van der Waals surface area contributed by atoms with Gasteiger partial charge in [-0.15, -0.1) is 0 Å². The van der Waals surface area contributed by atoms with Crippen LogP contribution >= 0.6 is 11.6 Å². The standard InChI is InChI=1S/C21H22ClN3O3/c22-19-3-1-2-16(14-19)8-9-23-20(27)17-4-6-18(7-5-17)21(28)25-12-10-24(15-26)11-13-25/h1-7,14-15H,8-13H2,(H,23,27). The highest BCUT2D eigenvalue weighted by Gasteiger charge is 2.21. The first-order chi connectivity index (χ1) is 13.6. The van der Waals surface area contributed by atoms with Gasteiger partial charge in [0.2, 0.25) is 6.41 Å². The zero-order valence-corrected chi connectivity index (χ0v) is 16.2. The fourth-order valence-corrected chi connectivity index (χ4v) is 3.30. The van der Waals surface area contributed by atoms with Gasteiger partial charge in [0.05, 0.1) is 0 Å². The first-order valence-electron chi connectivity index (χ1n) is 9.18. The molecule has 0 radical (unpaired) electrons. The van der Waals surface area contributed by atoms with Gasteiger partial charge in [-0.25, -0.2) is 0 Å². The molecule has 1 aliphatic heterocycles. The first kappa shape index (κ1) is 19.9. The maximum Gasteiger partial charge on any atom is 0.253 e. The Kier molecular flexibility index (Phi) is 6.66.